The molecule has 0 spiro atoms. The van der Waals surface area contributed by atoms with Crippen LogP contribution in [0.2, 0.25) is 0 Å². The highest BCUT2D eigenvalue weighted by atomic mass is 16.5. The molecule has 1 aromatic rings. The number of imidazole rings is 1. The van der Waals surface area contributed by atoms with Crippen LogP contribution in [0, 0.1) is 0 Å². The number of rotatable bonds is 8. The molecular formula is C13H23N3O2. The first-order valence-corrected chi connectivity index (χ1v) is 6.53. The van der Waals surface area contributed by atoms with E-state index in [9.17, 15) is 0 Å². The van der Waals surface area contributed by atoms with Gasteiger partial charge in [0.1, 0.15) is 0 Å². The molecule has 1 aliphatic rings. The lowest BCUT2D eigenvalue weighted by Crippen LogP contribution is -2.43. The summed E-state index contributed by atoms with van der Waals surface area (Å²) in [6.45, 7) is 3.32. The maximum atomic E-state index is 5.66. The van der Waals surface area contributed by atoms with Crippen molar-refractivity contribution in [3.8, 4) is 0 Å². The molecular weight excluding hydrogens is 230 g/mol. The summed E-state index contributed by atoms with van der Waals surface area (Å²) in [5, 5.41) is 3.34. The van der Waals surface area contributed by atoms with E-state index in [2.05, 4.69) is 14.9 Å². The van der Waals surface area contributed by atoms with Crippen LogP contribution in [-0.2, 0) is 22.6 Å². The van der Waals surface area contributed by atoms with E-state index in [-0.39, 0.29) is 5.60 Å². The van der Waals surface area contributed by atoms with Gasteiger partial charge in [0.05, 0.1) is 30.8 Å². The van der Waals surface area contributed by atoms with Gasteiger partial charge in [-0.15, -0.1) is 0 Å². The van der Waals surface area contributed by atoms with Crippen molar-refractivity contribution in [3.63, 3.8) is 0 Å². The summed E-state index contributed by atoms with van der Waals surface area (Å²) in [7, 11) is 3.53. The molecule has 1 fully saturated rings. The molecule has 5 heteroatoms. The van der Waals surface area contributed by atoms with Gasteiger partial charge in [0.2, 0.25) is 0 Å². The predicted octanol–water partition coefficient (Wildman–Crippen LogP) is 1.19. The van der Waals surface area contributed by atoms with Gasteiger partial charge in [-0.25, -0.2) is 4.98 Å². The Balaban J connectivity index is 1.87. The van der Waals surface area contributed by atoms with Crippen molar-refractivity contribution in [2.75, 3.05) is 27.4 Å². The van der Waals surface area contributed by atoms with Gasteiger partial charge in [-0.3, -0.25) is 0 Å². The van der Waals surface area contributed by atoms with E-state index >= 15 is 0 Å². The minimum Gasteiger partial charge on any atom is -0.383 e. The number of aromatic nitrogens is 2. The summed E-state index contributed by atoms with van der Waals surface area (Å²) in [5.74, 6) is 0. The van der Waals surface area contributed by atoms with Crippen molar-refractivity contribution in [2.24, 2.45) is 0 Å². The van der Waals surface area contributed by atoms with Crippen LogP contribution in [0.25, 0.3) is 0 Å². The van der Waals surface area contributed by atoms with Gasteiger partial charge in [0.15, 0.2) is 0 Å². The van der Waals surface area contributed by atoms with Crippen LogP contribution in [0.5, 0.6) is 0 Å². The molecule has 0 aliphatic heterocycles. The molecule has 0 saturated heterocycles. The van der Waals surface area contributed by atoms with E-state index in [0.717, 1.165) is 39.1 Å². The molecule has 0 unspecified atom stereocenters. The van der Waals surface area contributed by atoms with Crippen LogP contribution in [0.4, 0.5) is 0 Å². The summed E-state index contributed by atoms with van der Waals surface area (Å²) in [6, 6.07) is 0. The molecule has 0 aromatic carbocycles. The number of methoxy groups -OCH3 is 2. The van der Waals surface area contributed by atoms with E-state index in [0.29, 0.717) is 0 Å². The summed E-state index contributed by atoms with van der Waals surface area (Å²) in [6.07, 6.45) is 7.38. The topological polar surface area (TPSA) is 48.3 Å². The fourth-order valence-corrected chi connectivity index (χ4v) is 2.34. The SMILES string of the molecule is COCCNCc1cncn1CC1(OC)CCC1. The Morgan fingerprint density at radius 2 is 2.28 bits per heavy atom. The highest BCUT2D eigenvalue weighted by Crippen LogP contribution is 2.36. The maximum absolute atomic E-state index is 5.66. The van der Waals surface area contributed by atoms with E-state index < -0.39 is 0 Å². The second-order valence-corrected chi connectivity index (χ2v) is 4.92. The van der Waals surface area contributed by atoms with Crippen molar-refractivity contribution in [1.29, 1.82) is 0 Å². The zero-order valence-corrected chi connectivity index (χ0v) is 11.3. The lowest BCUT2D eigenvalue weighted by atomic mass is 9.80. The van der Waals surface area contributed by atoms with Gasteiger partial charge in [0.25, 0.3) is 0 Å². The van der Waals surface area contributed by atoms with Crippen LogP contribution < -0.4 is 5.32 Å². The Hall–Kier alpha value is -0.910. The third-order valence-corrected chi connectivity index (χ3v) is 3.74. The minimum atomic E-state index is 0.0436. The van der Waals surface area contributed by atoms with E-state index in [1.807, 2.05) is 19.6 Å². The largest absolute Gasteiger partial charge is 0.383 e. The number of nitrogens with zero attached hydrogens (tertiary/aromatic N) is 2. The van der Waals surface area contributed by atoms with Crippen LogP contribution >= 0.6 is 0 Å². The lowest BCUT2D eigenvalue weighted by molar-refractivity contribution is -0.0839. The van der Waals surface area contributed by atoms with Crippen molar-refractivity contribution >= 4 is 0 Å². The van der Waals surface area contributed by atoms with Crippen LogP contribution in [-0.4, -0.2) is 42.5 Å². The zero-order valence-electron chi connectivity index (χ0n) is 11.3. The highest BCUT2D eigenvalue weighted by Gasteiger charge is 2.37. The molecule has 2 rings (SSSR count). The smallest absolute Gasteiger partial charge is 0.0949 e. The molecule has 1 heterocycles. The molecule has 1 aromatic heterocycles. The first-order chi connectivity index (χ1) is 8.79. The monoisotopic (exact) mass is 253 g/mol. The second kappa shape index (κ2) is 6.31. The Kier molecular flexibility index (Phi) is 4.74. The first-order valence-electron chi connectivity index (χ1n) is 6.53. The summed E-state index contributed by atoms with van der Waals surface area (Å²) < 4.78 is 12.9. The number of ether oxygens (including phenoxy) is 2. The van der Waals surface area contributed by atoms with E-state index in [4.69, 9.17) is 9.47 Å². The van der Waals surface area contributed by atoms with E-state index in [1.54, 1.807) is 7.11 Å². The van der Waals surface area contributed by atoms with Gasteiger partial charge in [-0.05, 0) is 19.3 Å². The number of hydrogen-bond donors (Lipinski definition) is 1. The summed E-state index contributed by atoms with van der Waals surface area (Å²) in [4.78, 5) is 4.23. The highest BCUT2D eigenvalue weighted by molar-refractivity contribution is 5.01. The average Bonchev–Trinajstić information content (AvgIpc) is 2.77. The van der Waals surface area contributed by atoms with Crippen LogP contribution in [0.1, 0.15) is 25.0 Å². The van der Waals surface area contributed by atoms with Gasteiger partial charge in [0, 0.05) is 33.5 Å². The first kappa shape index (κ1) is 13.5. The fraction of sp³-hybridized carbons (Fsp3) is 0.769. The number of hydrogen-bond acceptors (Lipinski definition) is 4. The predicted molar refractivity (Wildman–Crippen MR) is 69.4 cm³/mol. The van der Waals surface area contributed by atoms with Crippen LogP contribution in [0.15, 0.2) is 12.5 Å². The molecule has 1 saturated carbocycles. The third kappa shape index (κ3) is 3.10. The molecule has 1 N–H and O–H groups in total. The van der Waals surface area contributed by atoms with Crippen molar-refractivity contribution < 1.29 is 9.47 Å². The fourth-order valence-electron chi connectivity index (χ4n) is 2.34. The molecule has 5 nitrogen and oxygen atoms in total. The third-order valence-electron chi connectivity index (χ3n) is 3.74. The lowest BCUT2D eigenvalue weighted by Gasteiger charge is -2.41. The second-order valence-electron chi connectivity index (χ2n) is 4.92. The maximum Gasteiger partial charge on any atom is 0.0949 e. The summed E-state index contributed by atoms with van der Waals surface area (Å²) in [5.41, 5.74) is 1.25. The number of nitrogens with one attached hydrogen (secondary N) is 1. The van der Waals surface area contributed by atoms with Crippen molar-refractivity contribution in [2.45, 2.75) is 38.0 Å². The molecule has 102 valence electrons. The normalized spacial score (nSPS) is 17.7. The summed E-state index contributed by atoms with van der Waals surface area (Å²) >= 11 is 0. The Bertz CT molecular complexity index is 355. The average molecular weight is 253 g/mol. The quantitative estimate of drug-likeness (QED) is 0.707. The minimum absolute atomic E-state index is 0.0436. The Morgan fingerprint density at radius 1 is 1.44 bits per heavy atom. The van der Waals surface area contributed by atoms with Crippen molar-refractivity contribution in [3.05, 3.63) is 18.2 Å². The van der Waals surface area contributed by atoms with Gasteiger partial charge in [-0.2, -0.15) is 0 Å². The van der Waals surface area contributed by atoms with Gasteiger partial charge in [-0.1, -0.05) is 0 Å². The van der Waals surface area contributed by atoms with Gasteiger partial charge >= 0.3 is 0 Å². The molecule has 0 atom stereocenters. The van der Waals surface area contributed by atoms with Gasteiger partial charge < -0.3 is 19.4 Å². The Labute approximate surface area is 108 Å². The Morgan fingerprint density at radius 3 is 2.89 bits per heavy atom. The zero-order chi connectivity index (χ0) is 12.8. The van der Waals surface area contributed by atoms with Crippen LogP contribution in [0.3, 0.4) is 0 Å². The molecule has 18 heavy (non-hydrogen) atoms. The molecule has 0 radical (unpaired) electrons. The van der Waals surface area contributed by atoms with E-state index in [1.165, 1.54) is 12.1 Å². The molecule has 0 bridgehead atoms. The van der Waals surface area contributed by atoms with Crippen molar-refractivity contribution in [1.82, 2.24) is 14.9 Å². The molecule has 1 aliphatic carbocycles. The standard InChI is InChI=1S/C13H23N3O2/c1-17-7-6-14-8-12-9-15-11-16(12)10-13(18-2)4-3-5-13/h9,11,14H,3-8,10H2,1-2H3. The molecule has 0 amide bonds.